The Balaban J connectivity index is 2.28. The molecule has 1 aliphatic heterocycles. The van der Waals surface area contributed by atoms with Gasteiger partial charge in [-0.2, -0.15) is 0 Å². The van der Waals surface area contributed by atoms with Crippen LogP contribution in [-0.4, -0.2) is 49.0 Å². The predicted molar refractivity (Wildman–Crippen MR) is 61.2 cm³/mol. The highest BCUT2D eigenvalue weighted by Gasteiger charge is 2.25. The first kappa shape index (κ1) is 13.4. The lowest BCUT2D eigenvalue weighted by Gasteiger charge is -2.26. The summed E-state index contributed by atoms with van der Waals surface area (Å²) in [6.45, 7) is 5.91. The number of morpholine rings is 1. The van der Waals surface area contributed by atoms with Crippen molar-refractivity contribution in [2.45, 2.75) is 38.4 Å². The Hall–Kier alpha value is -0.650. The fourth-order valence-corrected chi connectivity index (χ4v) is 1.75. The van der Waals surface area contributed by atoms with Crippen molar-refractivity contribution < 1.29 is 14.6 Å². The molecule has 0 aromatic rings. The lowest BCUT2D eigenvalue weighted by molar-refractivity contribution is -0.135. The van der Waals surface area contributed by atoms with Gasteiger partial charge in [-0.3, -0.25) is 4.79 Å². The van der Waals surface area contributed by atoms with Crippen LogP contribution in [-0.2, 0) is 9.53 Å². The highest BCUT2D eigenvalue weighted by molar-refractivity contribution is 5.81. The first-order chi connectivity index (χ1) is 7.55. The number of rotatable bonds is 5. The van der Waals surface area contributed by atoms with Crippen LogP contribution in [0, 0.1) is 0 Å². The standard InChI is InChI=1S/C11H22N2O3/c1-3-4-11(2,15)8-13-10(14)9-7-12-5-6-16-9/h9,12,15H,3-8H2,1-2H3,(H,13,14). The summed E-state index contributed by atoms with van der Waals surface area (Å²) in [4.78, 5) is 11.7. The van der Waals surface area contributed by atoms with E-state index in [1.165, 1.54) is 0 Å². The summed E-state index contributed by atoms with van der Waals surface area (Å²) in [7, 11) is 0. The minimum Gasteiger partial charge on any atom is -0.388 e. The highest BCUT2D eigenvalue weighted by atomic mass is 16.5. The van der Waals surface area contributed by atoms with Crippen molar-refractivity contribution in [2.75, 3.05) is 26.2 Å². The Morgan fingerprint density at radius 3 is 3.00 bits per heavy atom. The fourth-order valence-electron chi connectivity index (χ4n) is 1.75. The van der Waals surface area contributed by atoms with Gasteiger partial charge in [0.2, 0.25) is 0 Å². The molecule has 0 bridgehead atoms. The number of ether oxygens (including phenoxy) is 1. The monoisotopic (exact) mass is 230 g/mol. The molecule has 0 aromatic carbocycles. The average Bonchev–Trinajstić information content (AvgIpc) is 2.27. The number of aliphatic hydroxyl groups is 1. The second-order valence-electron chi connectivity index (χ2n) is 4.53. The maximum atomic E-state index is 11.7. The van der Waals surface area contributed by atoms with Crippen molar-refractivity contribution in [3.05, 3.63) is 0 Å². The molecule has 1 amide bonds. The van der Waals surface area contributed by atoms with Crippen LogP contribution in [0.25, 0.3) is 0 Å². The molecule has 2 unspecified atom stereocenters. The number of nitrogens with one attached hydrogen (secondary N) is 2. The zero-order valence-corrected chi connectivity index (χ0v) is 10.1. The molecule has 0 radical (unpaired) electrons. The second kappa shape index (κ2) is 6.18. The van der Waals surface area contributed by atoms with Gasteiger partial charge in [0.15, 0.2) is 0 Å². The van der Waals surface area contributed by atoms with E-state index in [-0.39, 0.29) is 12.5 Å². The van der Waals surface area contributed by atoms with Gasteiger partial charge in [0, 0.05) is 19.6 Å². The fraction of sp³-hybridized carbons (Fsp3) is 0.909. The van der Waals surface area contributed by atoms with E-state index in [0.29, 0.717) is 19.6 Å². The summed E-state index contributed by atoms with van der Waals surface area (Å²) < 4.78 is 5.31. The van der Waals surface area contributed by atoms with Crippen LogP contribution in [0.2, 0.25) is 0 Å². The van der Waals surface area contributed by atoms with E-state index in [0.717, 1.165) is 13.0 Å². The Kier molecular flexibility index (Phi) is 5.18. The van der Waals surface area contributed by atoms with E-state index in [4.69, 9.17) is 4.74 Å². The minimum atomic E-state index is -0.827. The molecule has 1 heterocycles. The minimum absolute atomic E-state index is 0.149. The molecule has 0 aliphatic carbocycles. The van der Waals surface area contributed by atoms with Crippen LogP contribution in [0.15, 0.2) is 0 Å². The maximum Gasteiger partial charge on any atom is 0.250 e. The van der Waals surface area contributed by atoms with E-state index in [9.17, 15) is 9.90 Å². The van der Waals surface area contributed by atoms with Crippen molar-refractivity contribution in [1.82, 2.24) is 10.6 Å². The largest absolute Gasteiger partial charge is 0.388 e. The second-order valence-corrected chi connectivity index (χ2v) is 4.53. The molecule has 94 valence electrons. The van der Waals surface area contributed by atoms with E-state index in [2.05, 4.69) is 10.6 Å². The molecular formula is C11H22N2O3. The van der Waals surface area contributed by atoms with E-state index >= 15 is 0 Å². The molecule has 5 heteroatoms. The van der Waals surface area contributed by atoms with Gasteiger partial charge in [-0.25, -0.2) is 0 Å². The molecular weight excluding hydrogens is 208 g/mol. The molecule has 1 aliphatic rings. The van der Waals surface area contributed by atoms with Gasteiger partial charge in [0.05, 0.1) is 12.2 Å². The van der Waals surface area contributed by atoms with Crippen molar-refractivity contribution in [3.8, 4) is 0 Å². The number of amides is 1. The Morgan fingerprint density at radius 1 is 1.69 bits per heavy atom. The molecule has 3 N–H and O–H groups in total. The number of hydrogen-bond acceptors (Lipinski definition) is 4. The Labute approximate surface area is 96.6 Å². The van der Waals surface area contributed by atoms with Crippen LogP contribution < -0.4 is 10.6 Å². The van der Waals surface area contributed by atoms with Gasteiger partial charge in [0.25, 0.3) is 5.91 Å². The molecule has 1 fully saturated rings. The smallest absolute Gasteiger partial charge is 0.250 e. The van der Waals surface area contributed by atoms with Crippen LogP contribution in [0.1, 0.15) is 26.7 Å². The lowest BCUT2D eigenvalue weighted by Crippen LogP contribution is -2.50. The third-order valence-electron chi connectivity index (χ3n) is 2.65. The van der Waals surface area contributed by atoms with Crippen LogP contribution in [0.3, 0.4) is 0 Å². The average molecular weight is 230 g/mol. The maximum absolute atomic E-state index is 11.7. The van der Waals surface area contributed by atoms with E-state index < -0.39 is 11.7 Å². The molecule has 1 saturated heterocycles. The molecule has 2 atom stereocenters. The summed E-state index contributed by atoms with van der Waals surface area (Å²) in [6.07, 6.45) is 1.15. The van der Waals surface area contributed by atoms with E-state index in [1.807, 2.05) is 6.92 Å². The summed E-state index contributed by atoms with van der Waals surface area (Å²) in [5.41, 5.74) is -0.827. The topological polar surface area (TPSA) is 70.6 Å². The summed E-state index contributed by atoms with van der Waals surface area (Å²) in [5, 5.41) is 15.7. The molecule has 1 rings (SSSR count). The van der Waals surface area contributed by atoms with Gasteiger partial charge in [-0.1, -0.05) is 13.3 Å². The first-order valence-electron chi connectivity index (χ1n) is 5.87. The SMILES string of the molecule is CCCC(C)(O)CNC(=O)C1CNCCO1. The zero-order chi connectivity index (χ0) is 12.0. The molecule has 0 aromatic heterocycles. The summed E-state index contributed by atoms with van der Waals surface area (Å²) in [5.74, 6) is -0.149. The van der Waals surface area contributed by atoms with Gasteiger partial charge in [-0.05, 0) is 13.3 Å². The van der Waals surface area contributed by atoms with Gasteiger partial charge < -0.3 is 20.5 Å². The number of hydrogen-bond donors (Lipinski definition) is 3. The van der Waals surface area contributed by atoms with Crippen molar-refractivity contribution in [1.29, 1.82) is 0 Å². The van der Waals surface area contributed by atoms with Crippen LogP contribution in [0.4, 0.5) is 0 Å². The molecule has 0 spiro atoms. The summed E-state index contributed by atoms with van der Waals surface area (Å²) in [6, 6.07) is 0. The zero-order valence-electron chi connectivity index (χ0n) is 10.1. The molecule has 16 heavy (non-hydrogen) atoms. The third-order valence-corrected chi connectivity index (χ3v) is 2.65. The van der Waals surface area contributed by atoms with Crippen molar-refractivity contribution in [3.63, 3.8) is 0 Å². The van der Waals surface area contributed by atoms with Gasteiger partial charge in [-0.15, -0.1) is 0 Å². The normalized spacial score (nSPS) is 24.8. The predicted octanol–water partition coefficient (Wildman–Crippen LogP) is -0.358. The first-order valence-corrected chi connectivity index (χ1v) is 5.87. The van der Waals surface area contributed by atoms with Gasteiger partial charge >= 0.3 is 0 Å². The van der Waals surface area contributed by atoms with Crippen molar-refractivity contribution >= 4 is 5.91 Å². The molecule has 0 saturated carbocycles. The van der Waals surface area contributed by atoms with Crippen LogP contribution >= 0.6 is 0 Å². The Morgan fingerprint density at radius 2 is 2.44 bits per heavy atom. The van der Waals surface area contributed by atoms with Crippen LogP contribution in [0.5, 0.6) is 0 Å². The Bertz CT molecular complexity index is 225. The van der Waals surface area contributed by atoms with E-state index in [1.54, 1.807) is 6.92 Å². The van der Waals surface area contributed by atoms with Crippen molar-refractivity contribution in [2.24, 2.45) is 0 Å². The quantitative estimate of drug-likeness (QED) is 0.603. The molecule has 5 nitrogen and oxygen atoms in total. The third kappa shape index (κ3) is 4.47. The highest BCUT2D eigenvalue weighted by Crippen LogP contribution is 2.10. The van der Waals surface area contributed by atoms with Gasteiger partial charge in [0.1, 0.15) is 6.10 Å². The number of carbonyl (C=O) groups is 1. The number of carbonyl (C=O) groups excluding carboxylic acids is 1. The summed E-state index contributed by atoms with van der Waals surface area (Å²) >= 11 is 0. The lowest BCUT2D eigenvalue weighted by atomic mass is 10.0.